The highest BCUT2D eigenvalue weighted by Crippen LogP contribution is 2.17. The molecule has 2 aromatic rings. The van der Waals surface area contributed by atoms with Crippen LogP contribution in [-0.2, 0) is 29.5 Å². The highest BCUT2D eigenvalue weighted by Gasteiger charge is 2.28. The van der Waals surface area contributed by atoms with Gasteiger partial charge in [-0.05, 0) is 26.3 Å². The maximum atomic E-state index is 12.8. The number of ether oxygens (including phenoxy) is 1. The molecule has 0 N–H and O–H groups in total. The summed E-state index contributed by atoms with van der Waals surface area (Å²) >= 11 is 0. The van der Waals surface area contributed by atoms with E-state index >= 15 is 0 Å². The second-order valence-corrected chi connectivity index (χ2v) is 8.24. The molecular weight excluding hydrogens is 356 g/mol. The van der Waals surface area contributed by atoms with Crippen LogP contribution >= 0.6 is 0 Å². The first-order valence-electron chi connectivity index (χ1n) is 8.58. The van der Waals surface area contributed by atoms with E-state index in [2.05, 4.69) is 9.97 Å². The van der Waals surface area contributed by atoms with E-state index in [1.54, 1.807) is 13.0 Å². The molecule has 8 nitrogen and oxygen atoms in total. The summed E-state index contributed by atoms with van der Waals surface area (Å²) in [5, 5.41) is 0. The van der Waals surface area contributed by atoms with Crippen LogP contribution < -0.4 is 10.3 Å². The molecule has 0 bridgehead atoms. The topological polar surface area (TPSA) is 94.4 Å². The fourth-order valence-electron chi connectivity index (χ4n) is 2.92. The zero-order valence-corrected chi connectivity index (χ0v) is 15.7. The van der Waals surface area contributed by atoms with Crippen molar-refractivity contribution in [2.75, 3.05) is 18.9 Å². The average Bonchev–Trinajstić information content (AvgIpc) is 2.64. The van der Waals surface area contributed by atoms with Crippen LogP contribution in [0, 0.1) is 0 Å². The third-order valence-electron chi connectivity index (χ3n) is 4.32. The summed E-state index contributed by atoms with van der Waals surface area (Å²) in [6.07, 6.45) is 1.83. The van der Waals surface area contributed by atoms with Gasteiger partial charge in [0.2, 0.25) is 15.9 Å². The van der Waals surface area contributed by atoms with Crippen LogP contribution in [0.5, 0.6) is 5.88 Å². The fraction of sp³-hybridized carbons (Fsp3) is 0.471. The standard InChI is InChI=1S/C17H22N4O4S/c1-3-25-16-7-5-6-13(19-16)10-20-12-18-15-11-21(26(23,24)4-2)9-8-14(15)17(20)22/h5-7,12H,3-4,8-11H2,1-2H3. The van der Waals surface area contributed by atoms with Crippen LogP contribution in [0.3, 0.4) is 0 Å². The van der Waals surface area contributed by atoms with Gasteiger partial charge < -0.3 is 4.74 Å². The Kier molecular flexibility index (Phi) is 5.38. The third-order valence-corrected chi connectivity index (χ3v) is 6.15. The molecule has 0 radical (unpaired) electrons. The van der Waals surface area contributed by atoms with Gasteiger partial charge in [0.1, 0.15) is 0 Å². The minimum atomic E-state index is -3.29. The summed E-state index contributed by atoms with van der Waals surface area (Å²) in [5.41, 5.74) is 1.67. The van der Waals surface area contributed by atoms with Crippen LogP contribution in [0.25, 0.3) is 0 Å². The minimum absolute atomic E-state index is 0.0429. The predicted octanol–water partition coefficient (Wildman–Crippen LogP) is 0.793. The molecule has 2 aromatic heterocycles. The number of rotatable bonds is 6. The average molecular weight is 378 g/mol. The summed E-state index contributed by atoms with van der Waals surface area (Å²) in [7, 11) is -3.29. The van der Waals surface area contributed by atoms with E-state index in [0.29, 0.717) is 42.4 Å². The van der Waals surface area contributed by atoms with Crippen molar-refractivity contribution in [1.82, 2.24) is 18.8 Å². The first kappa shape index (κ1) is 18.5. The molecule has 0 fully saturated rings. The van der Waals surface area contributed by atoms with Crippen molar-refractivity contribution in [2.45, 2.75) is 33.4 Å². The number of fused-ring (bicyclic) bond motifs is 1. The summed E-state index contributed by atoms with van der Waals surface area (Å²) in [6.45, 7) is 4.76. The molecule has 0 amide bonds. The lowest BCUT2D eigenvalue weighted by molar-refractivity contribution is 0.325. The van der Waals surface area contributed by atoms with E-state index in [0.717, 1.165) is 0 Å². The minimum Gasteiger partial charge on any atom is -0.478 e. The van der Waals surface area contributed by atoms with Gasteiger partial charge in [-0.2, -0.15) is 4.31 Å². The van der Waals surface area contributed by atoms with E-state index in [1.807, 2.05) is 19.1 Å². The third kappa shape index (κ3) is 3.78. The Morgan fingerprint density at radius 2 is 2.08 bits per heavy atom. The monoisotopic (exact) mass is 378 g/mol. The maximum absolute atomic E-state index is 12.8. The zero-order valence-electron chi connectivity index (χ0n) is 14.9. The molecule has 1 aliphatic heterocycles. The molecule has 0 atom stereocenters. The van der Waals surface area contributed by atoms with E-state index in [1.165, 1.54) is 15.2 Å². The lowest BCUT2D eigenvalue weighted by atomic mass is 10.1. The van der Waals surface area contributed by atoms with Crippen molar-refractivity contribution in [2.24, 2.45) is 0 Å². The zero-order chi connectivity index (χ0) is 18.7. The van der Waals surface area contributed by atoms with Crippen molar-refractivity contribution in [3.05, 3.63) is 51.8 Å². The number of pyridine rings is 1. The number of hydrogen-bond acceptors (Lipinski definition) is 6. The Balaban J connectivity index is 1.85. The molecule has 0 aromatic carbocycles. The summed E-state index contributed by atoms with van der Waals surface area (Å²) in [6, 6.07) is 5.42. The molecule has 3 heterocycles. The first-order valence-corrected chi connectivity index (χ1v) is 10.2. The van der Waals surface area contributed by atoms with Crippen LogP contribution in [0.1, 0.15) is 30.8 Å². The highest BCUT2D eigenvalue weighted by atomic mass is 32.2. The maximum Gasteiger partial charge on any atom is 0.257 e. The molecule has 1 aliphatic rings. The Hall–Kier alpha value is -2.26. The molecule has 0 saturated carbocycles. The lowest BCUT2D eigenvalue weighted by Crippen LogP contribution is -2.41. The van der Waals surface area contributed by atoms with Crippen LogP contribution in [-0.4, -0.2) is 46.2 Å². The van der Waals surface area contributed by atoms with E-state index in [4.69, 9.17) is 4.74 Å². The van der Waals surface area contributed by atoms with Gasteiger partial charge >= 0.3 is 0 Å². The molecule has 140 valence electrons. The van der Waals surface area contributed by atoms with E-state index in [9.17, 15) is 13.2 Å². The molecule has 9 heteroatoms. The van der Waals surface area contributed by atoms with Crippen molar-refractivity contribution in [3.8, 4) is 5.88 Å². The van der Waals surface area contributed by atoms with Gasteiger partial charge in [-0.25, -0.2) is 18.4 Å². The van der Waals surface area contributed by atoms with Gasteiger partial charge in [0.05, 0.1) is 43.2 Å². The summed E-state index contributed by atoms with van der Waals surface area (Å²) in [4.78, 5) is 21.5. The van der Waals surface area contributed by atoms with Crippen LogP contribution in [0.4, 0.5) is 0 Å². The number of hydrogen-bond donors (Lipinski definition) is 0. The second kappa shape index (κ2) is 7.55. The van der Waals surface area contributed by atoms with Gasteiger partial charge in [0, 0.05) is 18.2 Å². The van der Waals surface area contributed by atoms with Crippen molar-refractivity contribution >= 4 is 10.0 Å². The number of sulfonamides is 1. The Labute approximate surface area is 152 Å². The smallest absolute Gasteiger partial charge is 0.257 e. The van der Waals surface area contributed by atoms with Gasteiger partial charge in [0.15, 0.2) is 0 Å². The molecule has 0 aliphatic carbocycles. The van der Waals surface area contributed by atoms with Crippen molar-refractivity contribution in [1.29, 1.82) is 0 Å². The molecule has 26 heavy (non-hydrogen) atoms. The van der Waals surface area contributed by atoms with E-state index < -0.39 is 10.0 Å². The lowest BCUT2D eigenvalue weighted by Gasteiger charge is -2.26. The fourth-order valence-corrected chi connectivity index (χ4v) is 3.97. The van der Waals surface area contributed by atoms with Gasteiger partial charge in [-0.1, -0.05) is 6.07 Å². The van der Waals surface area contributed by atoms with E-state index in [-0.39, 0.29) is 24.4 Å². The summed E-state index contributed by atoms with van der Waals surface area (Å²) < 4.78 is 32.3. The largest absolute Gasteiger partial charge is 0.478 e. The molecule has 0 unspecified atom stereocenters. The summed E-state index contributed by atoms with van der Waals surface area (Å²) in [5.74, 6) is 0.561. The Morgan fingerprint density at radius 3 is 2.81 bits per heavy atom. The normalized spacial score (nSPS) is 14.8. The Bertz CT molecular complexity index is 955. The van der Waals surface area contributed by atoms with Crippen molar-refractivity contribution in [3.63, 3.8) is 0 Å². The SMILES string of the molecule is CCOc1cccc(Cn2cnc3c(c2=O)CCN(S(=O)(=O)CC)C3)n1. The van der Waals surface area contributed by atoms with Gasteiger partial charge in [-0.3, -0.25) is 9.36 Å². The van der Waals surface area contributed by atoms with Crippen molar-refractivity contribution < 1.29 is 13.2 Å². The quantitative estimate of drug-likeness (QED) is 0.738. The predicted molar refractivity (Wildman–Crippen MR) is 96.6 cm³/mol. The first-order chi connectivity index (χ1) is 12.4. The molecule has 3 rings (SSSR count). The van der Waals surface area contributed by atoms with Gasteiger partial charge in [0.25, 0.3) is 5.56 Å². The van der Waals surface area contributed by atoms with Gasteiger partial charge in [-0.15, -0.1) is 0 Å². The highest BCUT2D eigenvalue weighted by molar-refractivity contribution is 7.89. The number of nitrogens with zero attached hydrogens (tertiary/aromatic N) is 4. The van der Waals surface area contributed by atoms with Crippen LogP contribution in [0.15, 0.2) is 29.3 Å². The molecule has 0 saturated heterocycles. The molecular formula is C17H22N4O4S. The second-order valence-electron chi connectivity index (χ2n) is 5.99. The Morgan fingerprint density at radius 1 is 1.27 bits per heavy atom. The number of aromatic nitrogens is 3. The molecule has 0 spiro atoms. The van der Waals surface area contributed by atoms with Crippen LogP contribution in [0.2, 0.25) is 0 Å².